The number of halogens is 1. The predicted octanol–water partition coefficient (Wildman–Crippen LogP) is 0.822. The molecule has 0 aliphatic rings. The molecule has 0 aliphatic carbocycles. The normalized spacial score (nSPS) is 8.71. The van der Waals surface area contributed by atoms with Crippen molar-refractivity contribution in [3.05, 3.63) is 34.4 Å². The van der Waals surface area contributed by atoms with Crippen LogP contribution in [0.4, 0.5) is 16.2 Å². The molecule has 17 heavy (non-hydrogen) atoms. The van der Waals surface area contributed by atoms with Crippen LogP contribution in [0.5, 0.6) is 0 Å². The van der Waals surface area contributed by atoms with Gasteiger partial charge in [-0.1, -0.05) is 0 Å². The number of nitrogens with zero attached hydrogens (tertiary/aromatic N) is 2. The van der Waals surface area contributed by atoms with E-state index in [9.17, 15) is 14.9 Å². The fraction of sp³-hybridized carbons (Fsp3) is 0. The van der Waals surface area contributed by atoms with Crippen molar-refractivity contribution >= 4 is 35.8 Å². The van der Waals surface area contributed by atoms with Crippen molar-refractivity contribution in [3.63, 3.8) is 0 Å². The van der Waals surface area contributed by atoms with Gasteiger partial charge in [0.1, 0.15) is 0 Å². The van der Waals surface area contributed by atoms with E-state index < -0.39 is 11.0 Å². The maximum absolute atomic E-state index is 11.0. The molecule has 0 radical (unpaired) electrons. The molecular weight excluding hydrogens is 250 g/mol. The van der Waals surface area contributed by atoms with Crippen molar-refractivity contribution in [1.29, 1.82) is 0 Å². The summed E-state index contributed by atoms with van der Waals surface area (Å²) in [6, 6.07) is 4.51. The van der Waals surface area contributed by atoms with Gasteiger partial charge in [-0.15, -0.1) is 12.4 Å². The van der Waals surface area contributed by atoms with Crippen molar-refractivity contribution in [3.8, 4) is 0 Å². The first kappa shape index (κ1) is 14.6. The highest BCUT2D eigenvalue weighted by Crippen LogP contribution is 2.15. The number of carbonyl (C=O) groups excluding carboxylic acids is 1. The van der Waals surface area contributed by atoms with Crippen molar-refractivity contribution in [1.82, 2.24) is 0 Å². The zero-order valence-corrected chi connectivity index (χ0v) is 9.31. The number of rotatable bonds is 2. The van der Waals surface area contributed by atoms with Gasteiger partial charge in [0.15, 0.2) is 5.96 Å². The second kappa shape index (κ2) is 6.28. The minimum absolute atomic E-state index is 0. The molecule has 2 amide bonds. The first-order valence-corrected chi connectivity index (χ1v) is 4.14. The van der Waals surface area contributed by atoms with Crippen LogP contribution in [0, 0.1) is 10.1 Å². The first-order valence-electron chi connectivity index (χ1n) is 4.14. The first-order chi connectivity index (χ1) is 7.49. The molecule has 0 heterocycles. The number of hydrogen-bond acceptors (Lipinski definition) is 3. The van der Waals surface area contributed by atoms with Crippen LogP contribution in [-0.4, -0.2) is 16.9 Å². The van der Waals surface area contributed by atoms with Crippen LogP contribution in [0.3, 0.4) is 0 Å². The fourth-order valence-corrected chi connectivity index (χ4v) is 0.935. The molecule has 0 saturated heterocycles. The molecule has 92 valence electrons. The van der Waals surface area contributed by atoms with E-state index in [4.69, 9.17) is 11.5 Å². The van der Waals surface area contributed by atoms with E-state index in [1.165, 1.54) is 24.3 Å². The zero-order chi connectivity index (χ0) is 12.1. The number of nitro groups is 1. The van der Waals surface area contributed by atoms with Crippen LogP contribution in [0.2, 0.25) is 0 Å². The second-order valence-electron chi connectivity index (χ2n) is 2.77. The number of benzene rings is 1. The number of nitrogens with two attached hydrogens (primary N) is 2. The average Bonchev–Trinajstić information content (AvgIpc) is 2.16. The number of nitrogens with one attached hydrogen (secondary N) is 1. The Hall–Kier alpha value is -2.35. The van der Waals surface area contributed by atoms with Crippen molar-refractivity contribution in [2.24, 2.45) is 16.5 Å². The smallest absolute Gasteiger partial charge is 0.348 e. The third kappa shape index (κ3) is 4.80. The molecule has 8 nitrogen and oxygen atoms in total. The minimum Gasteiger partial charge on any atom is -0.370 e. The molecule has 0 bridgehead atoms. The van der Waals surface area contributed by atoms with Gasteiger partial charge in [0.2, 0.25) is 0 Å². The van der Waals surface area contributed by atoms with Gasteiger partial charge in [0, 0.05) is 17.8 Å². The summed E-state index contributed by atoms with van der Waals surface area (Å²) in [6.07, 6.45) is 0. The minimum atomic E-state index is -0.742. The van der Waals surface area contributed by atoms with Gasteiger partial charge < -0.3 is 16.8 Å². The Balaban J connectivity index is 0.00000256. The van der Waals surface area contributed by atoms with Crippen molar-refractivity contribution in [2.75, 3.05) is 5.32 Å². The summed E-state index contributed by atoms with van der Waals surface area (Å²) in [5, 5.41) is 12.7. The summed E-state index contributed by atoms with van der Waals surface area (Å²) in [5.74, 6) is -0.362. The molecule has 5 N–H and O–H groups in total. The van der Waals surface area contributed by atoms with Gasteiger partial charge in [-0.05, 0) is 12.1 Å². The molecule has 0 atom stereocenters. The predicted molar refractivity (Wildman–Crippen MR) is 65.2 cm³/mol. The maximum Gasteiger partial charge on any atom is 0.348 e. The highest BCUT2D eigenvalue weighted by molar-refractivity contribution is 5.98. The molecule has 1 aromatic rings. The van der Waals surface area contributed by atoms with Crippen LogP contribution in [0.25, 0.3) is 0 Å². The Morgan fingerprint density at radius 2 is 1.82 bits per heavy atom. The summed E-state index contributed by atoms with van der Waals surface area (Å²) in [4.78, 5) is 24.1. The highest BCUT2D eigenvalue weighted by Gasteiger charge is 2.05. The standard InChI is InChI=1S/C8H9N5O3.ClH/c9-7(10)12-8(14)11-5-1-3-6(4-2-5)13(15)16;/h1-4H,(H5,9,10,11,12,14);1H. The topological polar surface area (TPSA) is 137 Å². The Labute approximate surface area is 102 Å². The van der Waals surface area contributed by atoms with E-state index in [0.717, 1.165) is 0 Å². The van der Waals surface area contributed by atoms with Gasteiger partial charge in [0.25, 0.3) is 5.69 Å². The molecule has 1 rings (SSSR count). The summed E-state index contributed by atoms with van der Waals surface area (Å²) in [7, 11) is 0. The van der Waals surface area contributed by atoms with E-state index in [-0.39, 0.29) is 24.1 Å². The summed E-state index contributed by atoms with van der Waals surface area (Å²) in [5.41, 5.74) is 10.3. The fourth-order valence-electron chi connectivity index (χ4n) is 0.935. The third-order valence-corrected chi connectivity index (χ3v) is 1.56. The molecular formula is C8H10ClN5O3. The Morgan fingerprint density at radius 3 is 2.24 bits per heavy atom. The molecule has 0 unspecified atom stereocenters. The number of nitro benzene ring substituents is 1. The molecule has 0 spiro atoms. The van der Waals surface area contributed by atoms with Crippen molar-refractivity contribution < 1.29 is 9.72 Å². The number of guanidine groups is 1. The Bertz CT molecular complexity index is 441. The van der Waals surface area contributed by atoms with Crippen molar-refractivity contribution in [2.45, 2.75) is 0 Å². The lowest BCUT2D eigenvalue weighted by Gasteiger charge is -2.00. The third-order valence-electron chi connectivity index (χ3n) is 1.56. The zero-order valence-electron chi connectivity index (χ0n) is 8.49. The van der Waals surface area contributed by atoms with E-state index in [1.807, 2.05) is 0 Å². The van der Waals surface area contributed by atoms with Crippen LogP contribution < -0.4 is 16.8 Å². The number of amides is 2. The maximum atomic E-state index is 11.0. The van der Waals surface area contributed by atoms with Crippen LogP contribution in [0.15, 0.2) is 29.3 Å². The van der Waals surface area contributed by atoms with E-state index in [1.54, 1.807) is 0 Å². The number of hydrogen-bond donors (Lipinski definition) is 3. The molecule has 9 heteroatoms. The van der Waals surface area contributed by atoms with Gasteiger partial charge >= 0.3 is 6.03 Å². The van der Waals surface area contributed by atoms with Crippen LogP contribution >= 0.6 is 12.4 Å². The molecule has 0 fully saturated rings. The summed E-state index contributed by atoms with van der Waals surface area (Å²) in [6.45, 7) is 0. The van der Waals surface area contributed by atoms with Crippen LogP contribution in [0.1, 0.15) is 0 Å². The lowest BCUT2D eigenvalue weighted by molar-refractivity contribution is -0.384. The van der Waals surface area contributed by atoms with Gasteiger partial charge in [-0.3, -0.25) is 10.1 Å². The van der Waals surface area contributed by atoms with E-state index in [0.29, 0.717) is 5.69 Å². The van der Waals surface area contributed by atoms with E-state index >= 15 is 0 Å². The molecule has 0 aliphatic heterocycles. The number of non-ortho nitro benzene ring substituents is 1. The van der Waals surface area contributed by atoms with E-state index in [2.05, 4.69) is 10.3 Å². The Kier molecular flexibility index (Phi) is 5.41. The highest BCUT2D eigenvalue weighted by atomic mass is 35.5. The average molecular weight is 260 g/mol. The second-order valence-corrected chi connectivity index (χ2v) is 2.77. The number of carbonyl (C=O) groups is 1. The number of anilines is 1. The lowest BCUT2D eigenvalue weighted by atomic mass is 10.3. The van der Waals surface area contributed by atoms with Crippen LogP contribution in [-0.2, 0) is 0 Å². The molecule has 1 aromatic carbocycles. The van der Waals surface area contributed by atoms with Gasteiger partial charge in [0.05, 0.1) is 4.92 Å². The largest absolute Gasteiger partial charge is 0.370 e. The lowest BCUT2D eigenvalue weighted by Crippen LogP contribution is -2.25. The van der Waals surface area contributed by atoms with Gasteiger partial charge in [-0.25, -0.2) is 4.79 Å². The quantitative estimate of drug-likeness (QED) is 0.312. The summed E-state index contributed by atoms with van der Waals surface area (Å²) >= 11 is 0. The Morgan fingerprint density at radius 1 is 1.29 bits per heavy atom. The molecule has 0 saturated carbocycles. The SMILES string of the molecule is Cl.NC(N)=NC(=O)Nc1ccc([N+](=O)[O-])cc1. The summed E-state index contributed by atoms with van der Waals surface area (Å²) < 4.78 is 0. The number of aliphatic imine (C=N–C) groups is 1. The monoisotopic (exact) mass is 259 g/mol. The van der Waals surface area contributed by atoms with Gasteiger partial charge in [-0.2, -0.15) is 4.99 Å². The molecule has 0 aromatic heterocycles. The number of urea groups is 1.